The fourth-order valence-corrected chi connectivity index (χ4v) is 4.32. The van der Waals surface area contributed by atoms with Crippen LogP contribution in [0, 0.1) is 0 Å². The van der Waals surface area contributed by atoms with Crippen molar-refractivity contribution in [2.24, 2.45) is 0 Å². The molecule has 2 aliphatic rings. The monoisotopic (exact) mass is 449 g/mol. The zero-order chi connectivity index (χ0) is 23.7. The van der Waals surface area contributed by atoms with Gasteiger partial charge in [-0.1, -0.05) is 12.1 Å². The maximum Gasteiger partial charge on any atom is 0.282 e. The molecule has 0 bridgehead atoms. The minimum Gasteiger partial charge on any atom is -0.497 e. The Balaban J connectivity index is 1.77. The van der Waals surface area contributed by atoms with E-state index in [1.807, 2.05) is 18.7 Å². The third-order valence-corrected chi connectivity index (χ3v) is 5.62. The van der Waals surface area contributed by atoms with Gasteiger partial charge in [0.15, 0.2) is 0 Å². The molecule has 2 atom stereocenters. The Kier molecular flexibility index (Phi) is 6.20. The van der Waals surface area contributed by atoms with Gasteiger partial charge in [-0.05, 0) is 55.8 Å². The first-order chi connectivity index (χ1) is 15.8. The minimum absolute atomic E-state index is 0.0809. The molecule has 0 spiro atoms. The molecule has 0 radical (unpaired) electrons. The highest BCUT2D eigenvalue weighted by Gasteiger charge is 2.43. The van der Waals surface area contributed by atoms with E-state index in [9.17, 15) is 14.4 Å². The molecule has 33 heavy (non-hydrogen) atoms. The van der Waals surface area contributed by atoms with Crippen LogP contribution in [0.3, 0.4) is 0 Å². The molecule has 2 aromatic carbocycles. The van der Waals surface area contributed by atoms with E-state index in [0.29, 0.717) is 47.0 Å². The van der Waals surface area contributed by atoms with Crippen molar-refractivity contribution in [3.05, 3.63) is 59.8 Å². The second kappa shape index (κ2) is 9.07. The summed E-state index contributed by atoms with van der Waals surface area (Å²) in [4.78, 5) is 41.8. The molecule has 2 unspecified atom stereocenters. The average molecular weight is 450 g/mol. The number of carbonyl (C=O) groups excluding carboxylic acids is 3. The van der Waals surface area contributed by atoms with Crippen LogP contribution >= 0.6 is 0 Å². The van der Waals surface area contributed by atoms with Crippen LogP contribution in [0.2, 0.25) is 0 Å². The number of carbonyl (C=O) groups is 3. The van der Waals surface area contributed by atoms with E-state index < -0.39 is 0 Å². The average Bonchev–Trinajstić information content (AvgIpc) is 3.03. The number of hydrogen-bond acceptors (Lipinski definition) is 6. The largest absolute Gasteiger partial charge is 0.497 e. The van der Waals surface area contributed by atoms with Gasteiger partial charge >= 0.3 is 0 Å². The van der Waals surface area contributed by atoms with E-state index in [0.717, 1.165) is 0 Å². The summed E-state index contributed by atoms with van der Waals surface area (Å²) in [6.07, 6.45) is -0.162. The number of nitrogens with one attached hydrogen (secondary N) is 1. The van der Waals surface area contributed by atoms with Gasteiger partial charge in [-0.25, -0.2) is 4.90 Å². The lowest BCUT2D eigenvalue weighted by Gasteiger charge is -2.37. The molecule has 0 saturated carbocycles. The van der Waals surface area contributed by atoms with Crippen molar-refractivity contribution < 1.29 is 23.9 Å². The SMILES string of the molecule is COc1ccc(N2C(=O)C(c3ccc(NC(C)=O)cc3)=C(N3CC(C)OC(C)C3)C2=O)cc1. The third kappa shape index (κ3) is 4.47. The maximum absolute atomic E-state index is 13.7. The summed E-state index contributed by atoms with van der Waals surface area (Å²) in [6, 6.07) is 13.8. The lowest BCUT2D eigenvalue weighted by atomic mass is 10.0. The van der Waals surface area contributed by atoms with Crippen LogP contribution < -0.4 is 15.0 Å². The van der Waals surface area contributed by atoms with Crippen molar-refractivity contribution in [2.75, 3.05) is 30.4 Å². The standard InChI is InChI=1S/C25H27N3O5/c1-15-13-27(14-16(2)33-15)23-22(18-5-7-19(8-6-18)26-17(3)29)24(30)28(25(23)31)20-9-11-21(32-4)12-10-20/h5-12,15-16H,13-14H2,1-4H3,(H,26,29). The fraction of sp³-hybridized carbons (Fsp3) is 0.320. The third-order valence-electron chi connectivity index (χ3n) is 5.62. The molecule has 1 N–H and O–H groups in total. The van der Waals surface area contributed by atoms with Crippen LogP contribution in [0.15, 0.2) is 54.2 Å². The Hall–Kier alpha value is -3.65. The van der Waals surface area contributed by atoms with Crippen LogP contribution in [0.5, 0.6) is 5.75 Å². The van der Waals surface area contributed by atoms with E-state index in [4.69, 9.17) is 9.47 Å². The molecule has 8 heteroatoms. The van der Waals surface area contributed by atoms with Crippen molar-refractivity contribution in [3.8, 4) is 5.75 Å². The van der Waals surface area contributed by atoms with E-state index in [-0.39, 0.29) is 29.9 Å². The Morgan fingerprint density at radius 1 is 0.970 bits per heavy atom. The van der Waals surface area contributed by atoms with Crippen molar-refractivity contribution in [3.63, 3.8) is 0 Å². The van der Waals surface area contributed by atoms with Crippen LogP contribution in [0.4, 0.5) is 11.4 Å². The van der Waals surface area contributed by atoms with E-state index in [2.05, 4.69) is 5.32 Å². The summed E-state index contributed by atoms with van der Waals surface area (Å²) >= 11 is 0. The molecule has 172 valence electrons. The van der Waals surface area contributed by atoms with Gasteiger partial charge in [0.2, 0.25) is 5.91 Å². The summed E-state index contributed by atoms with van der Waals surface area (Å²) < 4.78 is 11.0. The molecule has 2 heterocycles. The van der Waals surface area contributed by atoms with E-state index in [1.54, 1.807) is 55.6 Å². The van der Waals surface area contributed by atoms with E-state index >= 15 is 0 Å². The number of anilines is 2. The van der Waals surface area contributed by atoms with Gasteiger partial charge in [0.1, 0.15) is 11.4 Å². The lowest BCUT2D eigenvalue weighted by Crippen LogP contribution is -2.47. The van der Waals surface area contributed by atoms with Crippen molar-refractivity contribution in [1.29, 1.82) is 0 Å². The minimum atomic E-state index is -0.390. The molecule has 3 amide bonds. The zero-order valence-corrected chi connectivity index (χ0v) is 19.1. The number of morpholine rings is 1. The molecular weight excluding hydrogens is 422 g/mol. The van der Waals surface area contributed by atoms with Crippen LogP contribution in [0.1, 0.15) is 26.3 Å². The molecule has 1 saturated heterocycles. The first kappa shape index (κ1) is 22.5. The summed E-state index contributed by atoms with van der Waals surface area (Å²) in [6.45, 7) is 6.34. The van der Waals surface area contributed by atoms with E-state index in [1.165, 1.54) is 11.8 Å². The first-order valence-corrected chi connectivity index (χ1v) is 10.8. The quantitative estimate of drug-likeness (QED) is 0.706. The van der Waals surface area contributed by atoms with Crippen molar-refractivity contribution in [1.82, 2.24) is 4.90 Å². The smallest absolute Gasteiger partial charge is 0.282 e. The second-order valence-corrected chi connectivity index (χ2v) is 8.29. The summed E-state index contributed by atoms with van der Waals surface area (Å²) in [5.41, 5.74) is 2.41. The van der Waals surface area contributed by atoms with Gasteiger partial charge in [0.05, 0.1) is 30.6 Å². The summed E-state index contributed by atoms with van der Waals surface area (Å²) in [5.74, 6) is -0.306. The predicted molar refractivity (Wildman–Crippen MR) is 125 cm³/mol. The molecular formula is C25H27N3O5. The number of imide groups is 1. The van der Waals surface area contributed by atoms with Crippen LogP contribution in [0.25, 0.3) is 5.57 Å². The number of ether oxygens (including phenoxy) is 2. The second-order valence-electron chi connectivity index (χ2n) is 8.29. The lowest BCUT2D eigenvalue weighted by molar-refractivity contribution is -0.121. The van der Waals surface area contributed by atoms with Crippen LogP contribution in [-0.2, 0) is 19.1 Å². The Morgan fingerprint density at radius 3 is 2.12 bits per heavy atom. The molecule has 2 aromatic rings. The van der Waals surface area contributed by atoms with Crippen molar-refractivity contribution >= 4 is 34.7 Å². The summed E-state index contributed by atoms with van der Waals surface area (Å²) in [7, 11) is 1.56. The van der Waals surface area contributed by atoms with Crippen molar-refractivity contribution in [2.45, 2.75) is 33.0 Å². The Labute approximate surface area is 192 Å². The van der Waals surface area contributed by atoms with Crippen LogP contribution in [-0.4, -0.2) is 55.0 Å². The first-order valence-electron chi connectivity index (χ1n) is 10.8. The number of methoxy groups -OCH3 is 1. The molecule has 1 fully saturated rings. The predicted octanol–water partition coefficient (Wildman–Crippen LogP) is 3.05. The molecule has 8 nitrogen and oxygen atoms in total. The van der Waals surface area contributed by atoms with Gasteiger partial charge in [0, 0.05) is 25.7 Å². The maximum atomic E-state index is 13.7. The topological polar surface area (TPSA) is 88.2 Å². The number of benzene rings is 2. The van der Waals surface area contributed by atoms with Gasteiger partial charge in [-0.15, -0.1) is 0 Å². The van der Waals surface area contributed by atoms with Gasteiger partial charge in [0.25, 0.3) is 11.8 Å². The highest BCUT2D eigenvalue weighted by atomic mass is 16.5. The normalized spacial score (nSPS) is 21.0. The number of hydrogen-bond donors (Lipinski definition) is 1. The zero-order valence-electron chi connectivity index (χ0n) is 19.1. The fourth-order valence-electron chi connectivity index (χ4n) is 4.32. The number of amides is 3. The Bertz CT molecular complexity index is 1100. The van der Waals surface area contributed by atoms with Gasteiger partial charge in [-0.3, -0.25) is 14.4 Å². The number of nitrogens with zero attached hydrogens (tertiary/aromatic N) is 2. The van der Waals surface area contributed by atoms with Gasteiger partial charge < -0.3 is 19.7 Å². The molecule has 2 aliphatic heterocycles. The Morgan fingerprint density at radius 2 is 1.58 bits per heavy atom. The highest BCUT2D eigenvalue weighted by Crippen LogP contribution is 2.36. The highest BCUT2D eigenvalue weighted by molar-refractivity contribution is 6.45. The number of rotatable bonds is 5. The van der Waals surface area contributed by atoms with Gasteiger partial charge in [-0.2, -0.15) is 0 Å². The summed E-state index contributed by atoms with van der Waals surface area (Å²) in [5, 5.41) is 2.72. The molecule has 0 aliphatic carbocycles. The molecule has 0 aromatic heterocycles. The molecule has 4 rings (SSSR count).